The average Bonchev–Trinajstić information content (AvgIpc) is 2.37. The van der Waals surface area contributed by atoms with Crippen LogP contribution in [0.5, 0.6) is 0 Å². The second kappa shape index (κ2) is 7.62. The highest BCUT2D eigenvalue weighted by Gasteiger charge is 2.21. The number of hydrogen-bond acceptors (Lipinski definition) is 4. The van der Waals surface area contributed by atoms with Gasteiger partial charge in [0.05, 0.1) is 6.10 Å². The van der Waals surface area contributed by atoms with Gasteiger partial charge in [0.15, 0.2) is 0 Å². The second-order valence-electron chi connectivity index (χ2n) is 4.73. The summed E-state index contributed by atoms with van der Waals surface area (Å²) in [7, 11) is 0.661. The Hall–Kier alpha value is -0.910. The third-order valence-electron chi connectivity index (χ3n) is 3.15. The molecule has 1 N–H and O–H groups in total. The highest BCUT2D eigenvalue weighted by atomic mass is 32.2. The Bertz CT molecular complexity index is 459. The summed E-state index contributed by atoms with van der Waals surface area (Å²) < 4.78 is 27.9. The summed E-state index contributed by atoms with van der Waals surface area (Å²) in [6, 6.07) is 10.1. The maximum atomic E-state index is 11.2. The van der Waals surface area contributed by atoms with Crippen LogP contribution < -0.4 is 5.32 Å². The van der Waals surface area contributed by atoms with Crippen LogP contribution in [0.15, 0.2) is 30.3 Å². The van der Waals surface area contributed by atoms with E-state index in [1.54, 1.807) is 7.11 Å². The minimum absolute atomic E-state index is 0.0641. The van der Waals surface area contributed by atoms with Gasteiger partial charge in [-0.2, -0.15) is 0 Å². The van der Waals surface area contributed by atoms with Crippen molar-refractivity contribution in [3.8, 4) is 0 Å². The molecule has 0 heterocycles. The summed E-state index contributed by atoms with van der Waals surface area (Å²) in [5, 5.41) is 3.22. The van der Waals surface area contributed by atoms with E-state index in [2.05, 4.69) is 5.32 Å². The van der Waals surface area contributed by atoms with E-state index in [0.29, 0.717) is 6.42 Å². The Morgan fingerprint density at radius 3 is 2.37 bits per heavy atom. The molecule has 1 rings (SSSR count). The maximum absolute atomic E-state index is 11.2. The molecule has 0 spiro atoms. The van der Waals surface area contributed by atoms with Gasteiger partial charge in [-0.15, -0.1) is 0 Å². The summed E-state index contributed by atoms with van der Waals surface area (Å²) in [5.74, 6) is 0.219. The van der Waals surface area contributed by atoms with E-state index in [4.69, 9.17) is 4.74 Å². The number of benzene rings is 1. The van der Waals surface area contributed by atoms with Gasteiger partial charge in [0.1, 0.15) is 9.84 Å². The van der Waals surface area contributed by atoms with Crippen LogP contribution in [0.25, 0.3) is 0 Å². The van der Waals surface area contributed by atoms with Gasteiger partial charge in [-0.25, -0.2) is 8.42 Å². The molecule has 2 unspecified atom stereocenters. The molecule has 108 valence electrons. The van der Waals surface area contributed by atoms with Crippen molar-refractivity contribution in [1.29, 1.82) is 0 Å². The molecular weight excluding hydrogens is 262 g/mol. The number of hydrogen-bond donors (Lipinski definition) is 1. The molecule has 0 aliphatic heterocycles. The number of sulfone groups is 1. The summed E-state index contributed by atoms with van der Waals surface area (Å²) in [6.07, 6.45) is 2.60. The molecule has 0 fully saturated rings. The van der Waals surface area contributed by atoms with E-state index < -0.39 is 9.84 Å². The van der Waals surface area contributed by atoms with E-state index in [9.17, 15) is 8.42 Å². The molecule has 0 saturated carbocycles. The smallest absolute Gasteiger partial charge is 0.147 e. The van der Waals surface area contributed by atoms with E-state index >= 15 is 0 Å². The molecule has 19 heavy (non-hydrogen) atoms. The van der Waals surface area contributed by atoms with Gasteiger partial charge in [0.2, 0.25) is 0 Å². The predicted octanol–water partition coefficient (Wildman–Crippen LogP) is 1.79. The lowest BCUT2D eigenvalue weighted by Gasteiger charge is -2.26. The molecule has 0 aromatic heterocycles. The molecule has 4 nitrogen and oxygen atoms in total. The number of ether oxygens (including phenoxy) is 1. The molecule has 5 heteroatoms. The number of rotatable bonds is 8. The maximum Gasteiger partial charge on any atom is 0.147 e. The van der Waals surface area contributed by atoms with Gasteiger partial charge >= 0.3 is 0 Å². The molecule has 0 aliphatic rings. The summed E-state index contributed by atoms with van der Waals surface area (Å²) in [4.78, 5) is 0. The Labute approximate surface area is 116 Å². The largest absolute Gasteiger partial charge is 0.375 e. The zero-order valence-corrected chi connectivity index (χ0v) is 12.6. The van der Waals surface area contributed by atoms with Gasteiger partial charge in [0.25, 0.3) is 0 Å². The lowest BCUT2D eigenvalue weighted by molar-refractivity contribution is 0.0673. The number of likely N-dealkylation sites (N-methyl/N-ethyl adjacent to an activating group) is 1. The monoisotopic (exact) mass is 285 g/mol. The Morgan fingerprint density at radius 2 is 1.89 bits per heavy atom. The van der Waals surface area contributed by atoms with Gasteiger partial charge in [0, 0.05) is 25.2 Å². The van der Waals surface area contributed by atoms with Crippen molar-refractivity contribution in [3.05, 3.63) is 35.9 Å². The second-order valence-corrected chi connectivity index (χ2v) is 6.99. The van der Waals surface area contributed by atoms with Crippen LogP contribution in [0.1, 0.15) is 24.5 Å². The standard InChI is InChI=1S/C14H23NO3S/c1-15-13(10-7-11-19(3,16)17)14(18-2)12-8-5-4-6-9-12/h4-6,8-9,13-15H,7,10-11H2,1-3H3. The van der Waals surface area contributed by atoms with Gasteiger partial charge in [-0.05, 0) is 25.5 Å². The quantitative estimate of drug-likeness (QED) is 0.791. The molecule has 2 atom stereocenters. The highest BCUT2D eigenvalue weighted by molar-refractivity contribution is 7.90. The molecule has 0 saturated heterocycles. The van der Waals surface area contributed by atoms with Gasteiger partial charge < -0.3 is 10.1 Å². The lowest BCUT2D eigenvalue weighted by atomic mass is 9.98. The minimum Gasteiger partial charge on any atom is -0.375 e. The number of methoxy groups -OCH3 is 1. The zero-order chi connectivity index (χ0) is 14.3. The highest BCUT2D eigenvalue weighted by Crippen LogP contribution is 2.23. The van der Waals surface area contributed by atoms with E-state index in [1.807, 2.05) is 37.4 Å². The molecule has 0 aliphatic carbocycles. The van der Waals surface area contributed by atoms with E-state index in [1.165, 1.54) is 6.26 Å². The van der Waals surface area contributed by atoms with Gasteiger partial charge in [-0.3, -0.25) is 0 Å². The minimum atomic E-state index is -2.89. The van der Waals surface area contributed by atoms with Crippen molar-refractivity contribution in [3.63, 3.8) is 0 Å². The Kier molecular flexibility index (Phi) is 6.48. The molecule has 1 aromatic carbocycles. The Balaban J connectivity index is 2.66. The van der Waals surface area contributed by atoms with Crippen LogP contribution in [-0.2, 0) is 14.6 Å². The summed E-state index contributed by atoms with van der Waals surface area (Å²) in [5.41, 5.74) is 1.10. The fourth-order valence-corrected chi connectivity index (χ4v) is 2.88. The van der Waals surface area contributed by atoms with Crippen molar-refractivity contribution >= 4 is 9.84 Å². The molecular formula is C14H23NO3S. The van der Waals surface area contributed by atoms with Gasteiger partial charge in [-0.1, -0.05) is 30.3 Å². The van der Waals surface area contributed by atoms with Crippen molar-refractivity contribution in [2.75, 3.05) is 26.2 Å². The molecule has 0 bridgehead atoms. The first-order valence-corrected chi connectivity index (χ1v) is 8.46. The molecule has 1 aromatic rings. The van der Waals surface area contributed by atoms with E-state index in [-0.39, 0.29) is 17.9 Å². The fraction of sp³-hybridized carbons (Fsp3) is 0.571. The van der Waals surface area contributed by atoms with Crippen LogP contribution >= 0.6 is 0 Å². The van der Waals surface area contributed by atoms with Crippen molar-refractivity contribution in [2.45, 2.75) is 25.0 Å². The first-order chi connectivity index (χ1) is 8.98. The van der Waals surface area contributed by atoms with Crippen molar-refractivity contribution in [1.82, 2.24) is 5.32 Å². The third-order valence-corrected chi connectivity index (χ3v) is 4.18. The lowest BCUT2D eigenvalue weighted by Crippen LogP contribution is -2.33. The zero-order valence-electron chi connectivity index (χ0n) is 11.8. The predicted molar refractivity (Wildman–Crippen MR) is 78.0 cm³/mol. The number of nitrogens with one attached hydrogen (secondary N) is 1. The van der Waals surface area contributed by atoms with Crippen molar-refractivity contribution in [2.24, 2.45) is 0 Å². The average molecular weight is 285 g/mol. The van der Waals surface area contributed by atoms with Crippen molar-refractivity contribution < 1.29 is 13.2 Å². The molecule has 0 radical (unpaired) electrons. The SMILES string of the molecule is CNC(CCCS(C)(=O)=O)C(OC)c1ccccc1. The van der Waals surface area contributed by atoms with Crippen LogP contribution in [0.3, 0.4) is 0 Å². The van der Waals surface area contributed by atoms with Crippen LogP contribution in [0, 0.1) is 0 Å². The fourth-order valence-electron chi connectivity index (χ4n) is 2.19. The topological polar surface area (TPSA) is 55.4 Å². The molecule has 0 amide bonds. The summed E-state index contributed by atoms with van der Waals surface area (Å²) >= 11 is 0. The first kappa shape index (κ1) is 16.1. The Morgan fingerprint density at radius 1 is 1.26 bits per heavy atom. The van der Waals surface area contributed by atoms with Crippen LogP contribution in [-0.4, -0.2) is 40.6 Å². The van der Waals surface area contributed by atoms with Crippen LogP contribution in [0.4, 0.5) is 0 Å². The first-order valence-electron chi connectivity index (χ1n) is 6.40. The normalized spacial score (nSPS) is 15.1. The third kappa shape index (κ3) is 5.72. The van der Waals surface area contributed by atoms with Crippen LogP contribution in [0.2, 0.25) is 0 Å². The summed E-state index contributed by atoms with van der Waals surface area (Å²) in [6.45, 7) is 0. The van der Waals surface area contributed by atoms with E-state index in [0.717, 1.165) is 12.0 Å².